The van der Waals surface area contributed by atoms with E-state index in [1.165, 1.54) is 17.8 Å². The number of hydrogen-bond donors (Lipinski definition) is 0. The van der Waals surface area contributed by atoms with E-state index in [1.807, 2.05) is 24.3 Å². The molecular weight excluding hydrogens is 427 g/mol. The van der Waals surface area contributed by atoms with Gasteiger partial charge in [-0.1, -0.05) is 23.7 Å². The van der Waals surface area contributed by atoms with E-state index in [4.69, 9.17) is 16.3 Å². The Morgan fingerprint density at radius 3 is 2.52 bits per heavy atom. The van der Waals surface area contributed by atoms with Crippen molar-refractivity contribution in [2.45, 2.75) is 50.6 Å². The SMILES string of the molecule is C[C@H]1CN(C2CCN(c3ncccc3C(F)(F)F)CC2)[C@@H](Cc2ccc(Cl)cc2)CO1. The summed E-state index contributed by atoms with van der Waals surface area (Å²) in [6.07, 6.45) is -0.350. The molecule has 3 heterocycles. The zero-order valence-electron chi connectivity index (χ0n) is 17.5. The van der Waals surface area contributed by atoms with E-state index in [1.54, 1.807) is 4.90 Å². The molecule has 31 heavy (non-hydrogen) atoms. The molecule has 2 aliphatic heterocycles. The van der Waals surface area contributed by atoms with Gasteiger partial charge in [0.15, 0.2) is 0 Å². The first-order valence-electron chi connectivity index (χ1n) is 10.7. The summed E-state index contributed by atoms with van der Waals surface area (Å²) in [6, 6.07) is 10.9. The van der Waals surface area contributed by atoms with Crippen LogP contribution < -0.4 is 4.90 Å². The molecule has 2 saturated heterocycles. The third-order valence-corrected chi connectivity index (χ3v) is 6.47. The van der Waals surface area contributed by atoms with Crippen LogP contribution in [0.15, 0.2) is 42.6 Å². The second kappa shape index (κ2) is 9.35. The number of anilines is 1. The smallest absolute Gasteiger partial charge is 0.376 e. The summed E-state index contributed by atoms with van der Waals surface area (Å²) in [7, 11) is 0. The van der Waals surface area contributed by atoms with Crippen LogP contribution in [0.3, 0.4) is 0 Å². The first-order valence-corrected chi connectivity index (χ1v) is 11.1. The van der Waals surface area contributed by atoms with Crippen LogP contribution in [-0.4, -0.2) is 54.3 Å². The van der Waals surface area contributed by atoms with Gasteiger partial charge in [-0.05, 0) is 56.0 Å². The minimum atomic E-state index is -4.40. The lowest BCUT2D eigenvalue weighted by molar-refractivity contribution is -0.137. The molecule has 0 bridgehead atoms. The van der Waals surface area contributed by atoms with Gasteiger partial charge in [0, 0.05) is 42.9 Å². The molecule has 0 spiro atoms. The van der Waals surface area contributed by atoms with E-state index >= 15 is 0 Å². The van der Waals surface area contributed by atoms with Crippen molar-refractivity contribution in [2.75, 3.05) is 31.1 Å². The lowest BCUT2D eigenvalue weighted by Gasteiger charge is -2.46. The van der Waals surface area contributed by atoms with Gasteiger partial charge in [-0.3, -0.25) is 4.90 Å². The predicted octanol–water partition coefficient (Wildman–Crippen LogP) is 5.05. The number of hydrogen-bond acceptors (Lipinski definition) is 4. The van der Waals surface area contributed by atoms with Crippen LogP contribution >= 0.6 is 11.6 Å². The summed E-state index contributed by atoms with van der Waals surface area (Å²) in [5.41, 5.74) is 0.548. The Hall–Kier alpha value is -1.83. The van der Waals surface area contributed by atoms with Crippen molar-refractivity contribution < 1.29 is 17.9 Å². The van der Waals surface area contributed by atoms with Gasteiger partial charge in [0.25, 0.3) is 0 Å². The number of halogens is 4. The summed E-state index contributed by atoms with van der Waals surface area (Å²) >= 11 is 6.01. The average molecular weight is 454 g/mol. The van der Waals surface area contributed by atoms with Crippen LogP contribution in [0.2, 0.25) is 5.02 Å². The van der Waals surface area contributed by atoms with Crippen LogP contribution in [0.4, 0.5) is 19.0 Å². The highest BCUT2D eigenvalue weighted by Crippen LogP contribution is 2.36. The molecule has 2 aromatic rings. The fraction of sp³-hybridized carbons (Fsp3) is 0.522. The Morgan fingerprint density at radius 2 is 1.84 bits per heavy atom. The summed E-state index contributed by atoms with van der Waals surface area (Å²) in [6.45, 7) is 4.68. The van der Waals surface area contributed by atoms with Crippen molar-refractivity contribution in [3.05, 3.63) is 58.7 Å². The molecule has 0 N–H and O–H groups in total. The van der Waals surface area contributed by atoms with Gasteiger partial charge >= 0.3 is 6.18 Å². The molecule has 2 aliphatic rings. The molecule has 2 fully saturated rings. The number of nitrogens with zero attached hydrogens (tertiary/aromatic N) is 3. The number of aromatic nitrogens is 1. The number of morpholine rings is 1. The minimum absolute atomic E-state index is 0.0431. The van der Waals surface area contributed by atoms with Gasteiger partial charge in [0.1, 0.15) is 5.82 Å². The highest BCUT2D eigenvalue weighted by molar-refractivity contribution is 6.30. The number of ether oxygens (including phenoxy) is 1. The monoisotopic (exact) mass is 453 g/mol. The maximum absolute atomic E-state index is 13.4. The molecule has 0 unspecified atom stereocenters. The number of piperidine rings is 1. The van der Waals surface area contributed by atoms with Crippen LogP contribution in [-0.2, 0) is 17.3 Å². The molecule has 2 atom stereocenters. The molecule has 1 aromatic heterocycles. The maximum atomic E-state index is 13.4. The van der Waals surface area contributed by atoms with Crippen molar-refractivity contribution in [1.82, 2.24) is 9.88 Å². The molecule has 4 rings (SSSR count). The topological polar surface area (TPSA) is 28.6 Å². The summed E-state index contributed by atoms with van der Waals surface area (Å²) in [5.74, 6) is 0.0431. The van der Waals surface area contributed by atoms with Crippen molar-refractivity contribution in [1.29, 1.82) is 0 Å². The average Bonchev–Trinajstić information content (AvgIpc) is 2.76. The summed E-state index contributed by atoms with van der Waals surface area (Å²) in [5, 5.41) is 0.717. The van der Waals surface area contributed by atoms with Gasteiger partial charge in [0.2, 0.25) is 0 Å². The number of rotatable bonds is 4. The van der Waals surface area contributed by atoms with E-state index in [9.17, 15) is 13.2 Å². The summed E-state index contributed by atoms with van der Waals surface area (Å²) < 4.78 is 46.1. The van der Waals surface area contributed by atoms with Crippen LogP contribution in [0.1, 0.15) is 30.9 Å². The highest BCUT2D eigenvalue weighted by atomic mass is 35.5. The standard InChI is InChI=1S/C23H27ClF3N3O/c1-16-14-30(20(15-31-16)13-17-4-6-18(24)7-5-17)19-8-11-29(12-9-19)22-21(23(25,26)27)3-2-10-28-22/h2-7,10,16,19-20H,8-9,11-15H2,1H3/t16-,20-/m0/s1. The van der Waals surface area contributed by atoms with Crippen molar-refractivity contribution in [3.63, 3.8) is 0 Å². The fourth-order valence-electron chi connectivity index (χ4n) is 4.67. The third kappa shape index (κ3) is 5.33. The van der Waals surface area contributed by atoms with Gasteiger partial charge in [-0.25, -0.2) is 4.98 Å². The van der Waals surface area contributed by atoms with E-state index in [-0.39, 0.29) is 18.0 Å². The molecular formula is C23H27ClF3N3O. The molecule has 4 nitrogen and oxygen atoms in total. The largest absolute Gasteiger partial charge is 0.419 e. The normalized spacial score (nSPS) is 23.8. The zero-order valence-corrected chi connectivity index (χ0v) is 18.2. The number of benzene rings is 1. The Balaban J connectivity index is 1.44. The first kappa shape index (κ1) is 22.4. The fourth-order valence-corrected chi connectivity index (χ4v) is 4.79. The van der Waals surface area contributed by atoms with Crippen molar-refractivity contribution in [2.24, 2.45) is 0 Å². The maximum Gasteiger partial charge on any atom is 0.419 e. The Labute approximate surface area is 186 Å². The Bertz CT molecular complexity index is 869. The van der Waals surface area contributed by atoms with Gasteiger partial charge in [0.05, 0.1) is 18.3 Å². The molecule has 8 heteroatoms. The van der Waals surface area contributed by atoms with Gasteiger partial charge in [-0.15, -0.1) is 0 Å². The van der Waals surface area contributed by atoms with E-state index in [2.05, 4.69) is 16.8 Å². The van der Waals surface area contributed by atoms with E-state index in [0.717, 1.165) is 31.9 Å². The van der Waals surface area contributed by atoms with E-state index in [0.29, 0.717) is 30.8 Å². The number of pyridine rings is 1. The molecule has 0 radical (unpaired) electrons. The third-order valence-electron chi connectivity index (χ3n) is 6.22. The van der Waals surface area contributed by atoms with E-state index < -0.39 is 11.7 Å². The first-order chi connectivity index (χ1) is 14.8. The molecule has 0 amide bonds. The lowest BCUT2D eigenvalue weighted by Crippen LogP contribution is -2.56. The zero-order chi connectivity index (χ0) is 22.0. The molecule has 1 aromatic carbocycles. The quantitative estimate of drug-likeness (QED) is 0.647. The van der Waals surface area contributed by atoms with Crippen LogP contribution in [0.25, 0.3) is 0 Å². The van der Waals surface area contributed by atoms with Gasteiger partial charge in [-0.2, -0.15) is 13.2 Å². The lowest BCUT2D eigenvalue weighted by atomic mass is 9.96. The van der Waals surface area contributed by atoms with Gasteiger partial charge < -0.3 is 9.64 Å². The highest BCUT2D eigenvalue weighted by Gasteiger charge is 2.38. The Morgan fingerprint density at radius 1 is 1.13 bits per heavy atom. The molecule has 0 aliphatic carbocycles. The predicted molar refractivity (Wildman–Crippen MR) is 116 cm³/mol. The second-order valence-electron chi connectivity index (χ2n) is 8.42. The number of alkyl halides is 3. The Kier molecular flexibility index (Phi) is 6.74. The molecule has 0 saturated carbocycles. The van der Waals surface area contributed by atoms with Crippen molar-refractivity contribution in [3.8, 4) is 0 Å². The van der Waals surface area contributed by atoms with Crippen molar-refractivity contribution >= 4 is 17.4 Å². The minimum Gasteiger partial charge on any atom is -0.376 e. The summed E-state index contributed by atoms with van der Waals surface area (Å²) in [4.78, 5) is 8.34. The van der Waals surface area contributed by atoms with Crippen LogP contribution in [0, 0.1) is 0 Å². The molecule has 168 valence electrons. The van der Waals surface area contributed by atoms with Crippen LogP contribution in [0.5, 0.6) is 0 Å². The second-order valence-corrected chi connectivity index (χ2v) is 8.85.